The molecule has 1 atom stereocenters. The summed E-state index contributed by atoms with van der Waals surface area (Å²) in [7, 11) is -3.57. The van der Waals surface area contributed by atoms with Crippen molar-refractivity contribution in [3.8, 4) is 0 Å². The summed E-state index contributed by atoms with van der Waals surface area (Å²) < 4.78 is 28.7. The lowest BCUT2D eigenvalue weighted by molar-refractivity contribution is 0.372. The largest absolute Gasteiger partial charge is 0.369 e. The van der Waals surface area contributed by atoms with E-state index >= 15 is 0 Å². The van der Waals surface area contributed by atoms with Crippen LogP contribution < -0.4 is 10.0 Å². The Kier molecular flexibility index (Phi) is 4.95. The normalized spacial score (nSPS) is 21.4. The Morgan fingerprint density at radius 3 is 2.76 bits per heavy atom. The highest BCUT2D eigenvalue weighted by Crippen LogP contribution is 2.37. The van der Waals surface area contributed by atoms with Gasteiger partial charge in [0.1, 0.15) is 10.7 Å². The molecular weight excluding hydrogens is 354 g/mol. The van der Waals surface area contributed by atoms with Gasteiger partial charge in [0.2, 0.25) is 10.0 Å². The molecule has 1 aliphatic carbocycles. The van der Waals surface area contributed by atoms with Crippen LogP contribution in [0.25, 0.3) is 0 Å². The van der Waals surface area contributed by atoms with Crippen LogP contribution in [0.3, 0.4) is 0 Å². The van der Waals surface area contributed by atoms with Crippen LogP contribution in [-0.2, 0) is 10.0 Å². The summed E-state index contributed by atoms with van der Waals surface area (Å²) >= 11 is 3.29. The molecule has 0 aromatic carbocycles. The van der Waals surface area contributed by atoms with Crippen molar-refractivity contribution in [2.24, 2.45) is 5.41 Å². The first kappa shape index (κ1) is 16.7. The lowest BCUT2D eigenvalue weighted by atomic mass is 9.92. The predicted molar refractivity (Wildman–Crippen MR) is 87.8 cm³/mol. The van der Waals surface area contributed by atoms with Gasteiger partial charge in [-0.05, 0) is 53.6 Å². The maximum absolute atomic E-state index is 12.6. The molecular formula is C14H22BrN3O2S. The molecule has 0 bridgehead atoms. The predicted octanol–water partition coefficient (Wildman–Crippen LogP) is 3.13. The average Bonchev–Trinajstić information content (AvgIpc) is 2.70. The molecule has 0 spiro atoms. The van der Waals surface area contributed by atoms with E-state index in [2.05, 4.69) is 44.8 Å². The number of nitrogens with one attached hydrogen (secondary N) is 2. The zero-order valence-electron chi connectivity index (χ0n) is 12.6. The lowest BCUT2D eigenvalue weighted by Crippen LogP contribution is -2.34. The van der Waals surface area contributed by atoms with Gasteiger partial charge in [-0.2, -0.15) is 0 Å². The van der Waals surface area contributed by atoms with Crippen molar-refractivity contribution in [1.29, 1.82) is 0 Å². The standard InChI is InChI=1S/C14H22BrN3O2S/c1-4-16-13-12(7-10(15)9-17-13)21(19,20)18-11-5-6-14(2,3)8-11/h7,9,11,18H,4-6,8H2,1-3H3,(H,16,17). The zero-order valence-corrected chi connectivity index (χ0v) is 15.0. The van der Waals surface area contributed by atoms with Gasteiger partial charge in [-0.1, -0.05) is 13.8 Å². The van der Waals surface area contributed by atoms with Crippen LogP contribution in [0.2, 0.25) is 0 Å². The van der Waals surface area contributed by atoms with E-state index in [4.69, 9.17) is 0 Å². The smallest absolute Gasteiger partial charge is 0.244 e. The van der Waals surface area contributed by atoms with Crippen LogP contribution >= 0.6 is 15.9 Å². The van der Waals surface area contributed by atoms with Crippen molar-refractivity contribution in [3.63, 3.8) is 0 Å². The van der Waals surface area contributed by atoms with Gasteiger partial charge in [0.05, 0.1) is 0 Å². The minimum Gasteiger partial charge on any atom is -0.369 e. The minimum absolute atomic E-state index is 0.00143. The van der Waals surface area contributed by atoms with E-state index in [1.54, 1.807) is 12.3 Å². The summed E-state index contributed by atoms with van der Waals surface area (Å²) in [5.41, 5.74) is 0.202. The van der Waals surface area contributed by atoms with Gasteiger partial charge in [-0.3, -0.25) is 0 Å². The number of sulfonamides is 1. The van der Waals surface area contributed by atoms with Gasteiger partial charge >= 0.3 is 0 Å². The summed E-state index contributed by atoms with van der Waals surface area (Å²) in [4.78, 5) is 4.36. The Balaban J connectivity index is 2.25. The van der Waals surface area contributed by atoms with Crippen molar-refractivity contribution >= 4 is 31.8 Å². The van der Waals surface area contributed by atoms with Crippen molar-refractivity contribution in [2.75, 3.05) is 11.9 Å². The van der Waals surface area contributed by atoms with Gasteiger partial charge in [-0.25, -0.2) is 18.1 Å². The van der Waals surface area contributed by atoms with Crippen LogP contribution in [0.5, 0.6) is 0 Å². The van der Waals surface area contributed by atoms with Gasteiger partial charge in [0, 0.05) is 23.3 Å². The molecule has 1 saturated carbocycles. The molecule has 1 heterocycles. The minimum atomic E-state index is -3.57. The Bertz CT molecular complexity index is 617. The number of nitrogens with zero attached hydrogens (tertiary/aromatic N) is 1. The first-order valence-electron chi connectivity index (χ1n) is 7.15. The van der Waals surface area contributed by atoms with E-state index in [0.717, 1.165) is 19.3 Å². The molecule has 1 fully saturated rings. The van der Waals surface area contributed by atoms with Crippen molar-refractivity contribution in [3.05, 3.63) is 16.7 Å². The van der Waals surface area contributed by atoms with E-state index in [9.17, 15) is 8.42 Å². The molecule has 5 nitrogen and oxygen atoms in total. The molecule has 2 N–H and O–H groups in total. The SMILES string of the molecule is CCNc1ncc(Br)cc1S(=O)(=O)NC1CCC(C)(C)C1. The van der Waals surface area contributed by atoms with Gasteiger partial charge in [0.25, 0.3) is 0 Å². The molecule has 1 aromatic rings. The topological polar surface area (TPSA) is 71.1 Å². The van der Waals surface area contributed by atoms with Crippen LogP contribution in [-0.4, -0.2) is 26.0 Å². The fraction of sp³-hybridized carbons (Fsp3) is 0.643. The molecule has 21 heavy (non-hydrogen) atoms. The third-order valence-electron chi connectivity index (χ3n) is 3.74. The van der Waals surface area contributed by atoms with E-state index in [-0.39, 0.29) is 16.4 Å². The van der Waals surface area contributed by atoms with Crippen molar-refractivity contribution in [2.45, 2.75) is 51.0 Å². The van der Waals surface area contributed by atoms with Crippen molar-refractivity contribution < 1.29 is 8.42 Å². The zero-order chi connectivity index (χ0) is 15.7. The van der Waals surface area contributed by atoms with Gasteiger partial charge < -0.3 is 5.32 Å². The number of pyridine rings is 1. The second-order valence-electron chi connectivity index (χ2n) is 6.26. The molecule has 1 unspecified atom stereocenters. The number of hydrogen-bond acceptors (Lipinski definition) is 4. The fourth-order valence-electron chi connectivity index (χ4n) is 2.75. The molecule has 118 valence electrons. The molecule has 7 heteroatoms. The lowest BCUT2D eigenvalue weighted by Gasteiger charge is -2.18. The highest BCUT2D eigenvalue weighted by molar-refractivity contribution is 9.10. The quantitative estimate of drug-likeness (QED) is 0.828. The van der Waals surface area contributed by atoms with Crippen LogP contribution in [0, 0.1) is 5.41 Å². The highest BCUT2D eigenvalue weighted by atomic mass is 79.9. The number of halogens is 1. The second kappa shape index (κ2) is 6.22. The number of hydrogen-bond donors (Lipinski definition) is 2. The fourth-order valence-corrected chi connectivity index (χ4v) is 4.66. The van der Waals surface area contributed by atoms with Gasteiger partial charge in [-0.15, -0.1) is 0 Å². The second-order valence-corrected chi connectivity index (χ2v) is 8.85. The highest BCUT2D eigenvalue weighted by Gasteiger charge is 2.34. The average molecular weight is 376 g/mol. The molecule has 1 aromatic heterocycles. The summed E-state index contributed by atoms with van der Waals surface area (Å²) in [5, 5.41) is 3.00. The van der Waals surface area contributed by atoms with Crippen LogP contribution in [0.4, 0.5) is 5.82 Å². The third-order valence-corrected chi connectivity index (χ3v) is 5.71. The Morgan fingerprint density at radius 2 is 2.19 bits per heavy atom. The Labute approximate surface area is 135 Å². The van der Waals surface area contributed by atoms with E-state index in [0.29, 0.717) is 16.8 Å². The molecule has 0 amide bonds. The first-order valence-corrected chi connectivity index (χ1v) is 9.43. The Hall–Kier alpha value is -0.660. The van der Waals surface area contributed by atoms with E-state index in [1.165, 1.54) is 0 Å². The van der Waals surface area contributed by atoms with Crippen LogP contribution in [0.15, 0.2) is 21.6 Å². The third kappa shape index (κ3) is 4.17. The van der Waals surface area contributed by atoms with Gasteiger partial charge in [0.15, 0.2) is 0 Å². The van der Waals surface area contributed by atoms with Crippen molar-refractivity contribution in [1.82, 2.24) is 9.71 Å². The molecule has 0 saturated heterocycles. The maximum atomic E-state index is 12.6. The number of anilines is 1. The Morgan fingerprint density at radius 1 is 1.48 bits per heavy atom. The number of aromatic nitrogens is 1. The summed E-state index contributed by atoms with van der Waals surface area (Å²) in [6, 6.07) is 1.59. The monoisotopic (exact) mass is 375 g/mol. The van der Waals surface area contributed by atoms with E-state index < -0.39 is 10.0 Å². The first-order chi connectivity index (χ1) is 9.73. The molecule has 1 aliphatic rings. The number of rotatable bonds is 5. The molecule has 2 rings (SSSR count). The molecule has 0 radical (unpaired) electrons. The summed E-state index contributed by atoms with van der Waals surface area (Å²) in [5.74, 6) is 0.394. The summed E-state index contributed by atoms with van der Waals surface area (Å²) in [6.45, 7) is 6.87. The maximum Gasteiger partial charge on any atom is 0.244 e. The van der Waals surface area contributed by atoms with E-state index in [1.807, 2.05) is 6.92 Å². The van der Waals surface area contributed by atoms with Crippen LogP contribution in [0.1, 0.15) is 40.0 Å². The summed E-state index contributed by atoms with van der Waals surface area (Å²) in [6.07, 6.45) is 4.38. The molecule has 0 aliphatic heterocycles.